The first-order chi connectivity index (χ1) is 14.1. The minimum atomic E-state index is -0.0284. The van der Waals surface area contributed by atoms with Gasteiger partial charge in [-0.3, -0.25) is 4.79 Å². The molecule has 29 heavy (non-hydrogen) atoms. The average Bonchev–Trinajstić information content (AvgIpc) is 3.22. The van der Waals surface area contributed by atoms with Crippen molar-refractivity contribution in [3.63, 3.8) is 0 Å². The van der Waals surface area contributed by atoms with Gasteiger partial charge in [-0.2, -0.15) is 0 Å². The van der Waals surface area contributed by atoms with Crippen LogP contribution in [0, 0.1) is 0 Å². The highest BCUT2D eigenvalue weighted by Gasteiger charge is 2.29. The molecule has 0 bridgehead atoms. The van der Waals surface area contributed by atoms with Crippen LogP contribution in [0.5, 0.6) is 23.0 Å². The van der Waals surface area contributed by atoms with Gasteiger partial charge in [0.2, 0.25) is 0 Å². The first-order valence-electron chi connectivity index (χ1n) is 9.64. The smallest absolute Gasteiger partial charge is 0.254 e. The lowest BCUT2D eigenvalue weighted by Crippen LogP contribution is -2.38. The number of likely N-dealkylation sites (tertiary alicyclic amines) is 1. The van der Waals surface area contributed by atoms with Crippen LogP contribution in [0.2, 0.25) is 0 Å². The molecule has 7 nitrogen and oxygen atoms in total. The second kappa shape index (κ2) is 9.62. The number of hydrogen-bond donors (Lipinski definition) is 1. The van der Waals surface area contributed by atoms with E-state index in [0.717, 1.165) is 24.9 Å². The van der Waals surface area contributed by atoms with Crippen molar-refractivity contribution in [1.82, 2.24) is 4.90 Å². The molecule has 1 atom stereocenters. The summed E-state index contributed by atoms with van der Waals surface area (Å²) in [5.74, 6) is 2.07. The maximum absolute atomic E-state index is 13.0. The highest BCUT2D eigenvalue weighted by atomic mass is 16.5. The van der Waals surface area contributed by atoms with Crippen LogP contribution in [-0.2, 0) is 11.3 Å². The maximum atomic E-state index is 13.0. The summed E-state index contributed by atoms with van der Waals surface area (Å²) in [5.41, 5.74) is 7.19. The van der Waals surface area contributed by atoms with Gasteiger partial charge in [-0.05, 0) is 48.7 Å². The molecule has 0 aromatic heterocycles. The third-order valence-electron chi connectivity index (χ3n) is 5.09. The highest BCUT2D eigenvalue weighted by molar-refractivity contribution is 5.95. The fourth-order valence-corrected chi connectivity index (χ4v) is 3.56. The lowest BCUT2D eigenvalue weighted by Gasteiger charge is -2.24. The van der Waals surface area contributed by atoms with Gasteiger partial charge >= 0.3 is 0 Å². The zero-order valence-electron chi connectivity index (χ0n) is 17.1. The van der Waals surface area contributed by atoms with Gasteiger partial charge in [0.05, 0.1) is 26.9 Å². The molecular weight excluding hydrogens is 372 g/mol. The van der Waals surface area contributed by atoms with Crippen LogP contribution in [0.1, 0.15) is 28.8 Å². The van der Waals surface area contributed by atoms with Crippen LogP contribution in [0.3, 0.4) is 0 Å². The molecular formula is C22H28N2O5. The Balaban J connectivity index is 1.83. The van der Waals surface area contributed by atoms with E-state index in [-0.39, 0.29) is 11.9 Å². The topological polar surface area (TPSA) is 83.2 Å². The van der Waals surface area contributed by atoms with E-state index in [1.165, 1.54) is 0 Å². The molecule has 7 heteroatoms. The van der Waals surface area contributed by atoms with Crippen LogP contribution >= 0.6 is 0 Å². The second-order valence-electron chi connectivity index (χ2n) is 6.91. The Hall–Kier alpha value is -2.77. The molecule has 156 valence electrons. The number of carbonyl (C=O) groups is 1. The van der Waals surface area contributed by atoms with Crippen LogP contribution in [-0.4, -0.2) is 51.3 Å². The number of methoxy groups -OCH3 is 3. The number of rotatable bonds is 8. The minimum absolute atomic E-state index is 0.0284. The zero-order chi connectivity index (χ0) is 20.8. The molecule has 0 spiro atoms. The molecule has 3 rings (SSSR count). The van der Waals surface area contributed by atoms with E-state index >= 15 is 0 Å². The van der Waals surface area contributed by atoms with E-state index < -0.39 is 0 Å². The number of benzene rings is 2. The molecule has 1 amide bonds. The fraction of sp³-hybridized carbons (Fsp3) is 0.409. The molecule has 0 aliphatic carbocycles. The fourth-order valence-electron chi connectivity index (χ4n) is 3.56. The Morgan fingerprint density at radius 3 is 2.38 bits per heavy atom. The third kappa shape index (κ3) is 4.63. The van der Waals surface area contributed by atoms with E-state index in [0.29, 0.717) is 41.7 Å². The van der Waals surface area contributed by atoms with Crippen molar-refractivity contribution in [2.75, 3.05) is 34.5 Å². The molecule has 0 radical (unpaired) electrons. The number of amides is 1. The summed E-state index contributed by atoms with van der Waals surface area (Å²) < 4.78 is 22.1. The summed E-state index contributed by atoms with van der Waals surface area (Å²) in [6.07, 6.45) is 1.94. The summed E-state index contributed by atoms with van der Waals surface area (Å²) >= 11 is 0. The molecule has 2 N–H and O–H groups in total. The van der Waals surface area contributed by atoms with Gasteiger partial charge < -0.3 is 29.6 Å². The van der Waals surface area contributed by atoms with Crippen molar-refractivity contribution < 1.29 is 23.7 Å². The first-order valence-corrected chi connectivity index (χ1v) is 9.64. The summed E-state index contributed by atoms with van der Waals surface area (Å²) in [7, 11) is 4.78. The Bertz CT molecular complexity index is 855. The quantitative estimate of drug-likeness (QED) is 0.733. The predicted octanol–water partition coefficient (Wildman–Crippen LogP) is 3.21. The van der Waals surface area contributed by atoms with Gasteiger partial charge in [-0.1, -0.05) is 6.07 Å². The zero-order valence-corrected chi connectivity index (χ0v) is 17.1. The normalized spacial score (nSPS) is 16.0. The second-order valence-corrected chi connectivity index (χ2v) is 6.91. The summed E-state index contributed by atoms with van der Waals surface area (Å²) in [6, 6.07) is 10.8. The molecule has 1 unspecified atom stereocenters. The number of ether oxygens (including phenoxy) is 4. The van der Waals surface area contributed by atoms with Crippen LogP contribution in [0.25, 0.3) is 0 Å². The lowest BCUT2D eigenvalue weighted by atomic mass is 10.1. The minimum Gasteiger partial charge on any atom is -0.493 e. The van der Waals surface area contributed by atoms with E-state index in [1.807, 2.05) is 17.0 Å². The van der Waals surface area contributed by atoms with Crippen molar-refractivity contribution in [1.29, 1.82) is 0 Å². The maximum Gasteiger partial charge on any atom is 0.254 e. The number of hydrogen-bond acceptors (Lipinski definition) is 6. The molecule has 1 heterocycles. The van der Waals surface area contributed by atoms with Crippen LogP contribution < -0.4 is 19.9 Å². The van der Waals surface area contributed by atoms with Crippen molar-refractivity contribution >= 4 is 5.91 Å². The summed E-state index contributed by atoms with van der Waals surface area (Å²) in [6.45, 7) is 1.69. The lowest BCUT2D eigenvalue weighted by molar-refractivity contribution is 0.0630. The van der Waals surface area contributed by atoms with Crippen molar-refractivity contribution in [3.05, 3.63) is 47.5 Å². The molecule has 0 saturated carbocycles. The third-order valence-corrected chi connectivity index (χ3v) is 5.09. The van der Waals surface area contributed by atoms with Gasteiger partial charge in [0.25, 0.3) is 5.91 Å². The van der Waals surface area contributed by atoms with Crippen molar-refractivity contribution in [3.8, 4) is 23.0 Å². The van der Waals surface area contributed by atoms with Gasteiger partial charge in [-0.25, -0.2) is 0 Å². The number of nitrogens with zero attached hydrogens (tertiary/aromatic N) is 1. The van der Waals surface area contributed by atoms with Gasteiger partial charge in [-0.15, -0.1) is 0 Å². The van der Waals surface area contributed by atoms with E-state index in [9.17, 15) is 4.79 Å². The van der Waals surface area contributed by atoms with Gasteiger partial charge in [0.15, 0.2) is 23.0 Å². The Morgan fingerprint density at radius 2 is 1.72 bits per heavy atom. The molecule has 2 aromatic rings. The number of carbonyl (C=O) groups excluding carboxylic acids is 1. The summed E-state index contributed by atoms with van der Waals surface area (Å²) in [5, 5.41) is 0. The van der Waals surface area contributed by atoms with Crippen LogP contribution in [0.4, 0.5) is 0 Å². The van der Waals surface area contributed by atoms with Crippen molar-refractivity contribution in [2.45, 2.75) is 25.4 Å². The SMILES string of the molecule is COCC1CCCN1C(=O)c1ccc(Oc2ccc(CN)cc2OC)c(OC)c1. The molecule has 1 saturated heterocycles. The van der Waals surface area contributed by atoms with Gasteiger partial charge in [0.1, 0.15) is 0 Å². The highest BCUT2D eigenvalue weighted by Crippen LogP contribution is 2.37. The molecule has 2 aromatic carbocycles. The Labute approximate surface area is 171 Å². The average molecular weight is 400 g/mol. The molecule has 1 aliphatic rings. The monoisotopic (exact) mass is 400 g/mol. The standard InChI is InChI=1S/C22H28N2O5/c1-26-14-17-5-4-10-24(17)22(25)16-7-9-19(21(12-16)28-3)29-18-8-6-15(13-23)11-20(18)27-2/h6-9,11-12,17H,4-5,10,13-14,23H2,1-3H3. The molecule has 1 fully saturated rings. The Morgan fingerprint density at radius 1 is 1.03 bits per heavy atom. The van der Waals surface area contributed by atoms with E-state index in [2.05, 4.69) is 0 Å². The largest absolute Gasteiger partial charge is 0.493 e. The predicted molar refractivity (Wildman–Crippen MR) is 110 cm³/mol. The summed E-state index contributed by atoms with van der Waals surface area (Å²) in [4.78, 5) is 14.9. The Kier molecular flexibility index (Phi) is 6.95. The number of nitrogens with two attached hydrogens (primary N) is 1. The van der Waals surface area contributed by atoms with Crippen LogP contribution in [0.15, 0.2) is 36.4 Å². The van der Waals surface area contributed by atoms with E-state index in [1.54, 1.807) is 45.6 Å². The van der Waals surface area contributed by atoms with Crippen molar-refractivity contribution in [2.24, 2.45) is 5.73 Å². The molecule has 1 aliphatic heterocycles. The van der Waals surface area contributed by atoms with E-state index in [4.69, 9.17) is 24.7 Å². The van der Waals surface area contributed by atoms with Gasteiger partial charge in [0, 0.05) is 25.8 Å². The first kappa shape index (κ1) is 21.0.